The van der Waals surface area contributed by atoms with Crippen LogP contribution in [0.25, 0.3) is 0 Å². The highest BCUT2D eigenvalue weighted by molar-refractivity contribution is 6.30. The predicted octanol–water partition coefficient (Wildman–Crippen LogP) is 4.19. The first-order valence-corrected chi connectivity index (χ1v) is 11.0. The molecule has 1 aromatic heterocycles. The molecule has 1 atom stereocenters. The fourth-order valence-electron chi connectivity index (χ4n) is 4.94. The maximum absolute atomic E-state index is 13.3. The van der Waals surface area contributed by atoms with E-state index in [9.17, 15) is 14.7 Å². The molecular formula is C22H25ClN4O3. The van der Waals surface area contributed by atoms with Gasteiger partial charge in [-0.2, -0.15) is 5.10 Å². The molecule has 1 aliphatic carbocycles. The van der Waals surface area contributed by atoms with Crippen molar-refractivity contribution < 1.29 is 14.7 Å². The lowest BCUT2D eigenvalue weighted by Gasteiger charge is -2.33. The fraction of sp³-hybridized carbons (Fsp3) is 0.500. The molecule has 0 radical (unpaired) electrons. The summed E-state index contributed by atoms with van der Waals surface area (Å²) in [5.41, 5.74) is 4.69. The highest BCUT2D eigenvalue weighted by Gasteiger charge is 2.35. The van der Waals surface area contributed by atoms with Gasteiger partial charge in [-0.1, -0.05) is 11.6 Å². The van der Waals surface area contributed by atoms with Gasteiger partial charge in [0.15, 0.2) is 0 Å². The number of carboxylic acid groups (broad SMARTS) is 1. The third-order valence-electron chi connectivity index (χ3n) is 6.65. The zero-order valence-corrected chi connectivity index (χ0v) is 17.7. The van der Waals surface area contributed by atoms with Gasteiger partial charge in [0.05, 0.1) is 23.8 Å². The third kappa shape index (κ3) is 3.25. The third-order valence-corrected chi connectivity index (χ3v) is 6.87. The van der Waals surface area contributed by atoms with Crippen molar-refractivity contribution in [3.8, 4) is 0 Å². The Kier molecular flexibility index (Phi) is 4.73. The van der Waals surface area contributed by atoms with Crippen molar-refractivity contribution in [2.45, 2.75) is 57.7 Å². The van der Waals surface area contributed by atoms with Crippen LogP contribution in [0, 0.1) is 6.92 Å². The number of likely N-dealkylation sites (tertiary alicyclic amines) is 1. The zero-order valence-electron chi connectivity index (χ0n) is 17.0. The summed E-state index contributed by atoms with van der Waals surface area (Å²) in [4.78, 5) is 28.4. The van der Waals surface area contributed by atoms with Crippen LogP contribution < -0.4 is 0 Å². The summed E-state index contributed by atoms with van der Waals surface area (Å²) in [5.74, 6) is -0.00698. The quantitative estimate of drug-likeness (QED) is 0.794. The van der Waals surface area contributed by atoms with Gasteiger partial charge in [0, 0.05) is 30.4 Å². The number of nitrogens with zero attached hydrogens (tertiary/aromatic N) is 4. The molecule has 1 aromatic carbocycles. The van der Waals surface area contributed by atoms with Crippen LogP contribution in [0.3, 0.4) is 0 Å². The van der Waals surface area contributed by atoms with E-state index in [-0.39, 0.29) is 11.9 Å². The first kappa shape index (κ1) is 19.4. The van der Waals surface area contributed by atoms with Gasteiger partial charge < -0.3 is 14.9 Å². The maximum Gasteiger partial charge on any atom is 0.407 e. The van der Waals surface area contributed by atoms with E-state index in [2.05, 4.69) is 5.10 Å². The number of carbonyl (C=O) groups is 2. The standard InChI is InChI=1S/C22H25ClN4O3/c1-13-18(11-24-27(13)16-4-5-16)21(28)25-8-6-14-9-15(23)10-17(19(14)12-25)20-3-2-7-26(20)22(29)30/h9-11,16,20H,2-8,12H2,1H3,(H,29,30)/t20-/m0/s1. The fourth-order valence-corrected chi connectivity index (χ4v) is 5.19. The van der Waals surface area contributed by atoms with E-state index in [1.165, 1.54) is 4.90 Å². The molecule has 3 aliphatic rings. The number of rotatable bonds is 3. The Morgan fingerprint density at radius 1 is 1.20 bits per heavy atom. The number of amides is 2. The average molecular weight is 429 g/mol. The van der Waals surface area contributed by atoms with Crippen LogP contribution in [-0.2, 0) is 13.0 Å². The van der Waals surface area contributed by atoms with Gasteiger partial charge in [-0.3, -0.25) is 9.48 Å². The molecule has 2 aromatic rings. The van der Waals surface area contributed by atoms with E-state index >= 15 is 0 Å². The van der Waals surface area contributed by atoms with Crippen LogP contribution >= 0.6 is 11.6 Å². The summed E-state index contributed by atoms with van der Waals surface area (Å²) in [6.07, 6.45) is 5.36. The number of benzene rings is 1. The summed E-state index contributed by atoms with van der Waals surface area (Å²) < 4.78 is 1.97. The monoisotopic (exact) mass is 428 g/mol. The molecule has 0 unspecified atom stereocenters. The largest absolute Gasteiger partial charge is 0.465 e. The predicted molar refractivity (Wildman–Crippen MR) is 112 cm³/mol. The van der Waals surface area contributed by atoms with Crippen LogP contribution in [0.15, 0.2) is 18.3 Å². The minimum Gasteiger partial charge on any atom is -0.465 e. The lowest BCUT2D eigenvalue weighted by Crippen LogP contribution is -2.38. The number of halogens is 1. The lowest BCUT2D eigenvalue weighted by molar-refractivity contribution is 0.0731. The molecule has 3 heterocycles. The number of fused-ring (bicyclic) bond motifs is 1. The summed E-state index contributed by atoms with van der Waals surface area (Å²) in [6, 6.07) is 4.08. The summed E-state index contributed by atoms with van der Waals surface area (Å²) in [5, 5.41) is 14.7. The van der Waals surface area contributed by atoms with E-state index in [4.69, 9.17) is 11.6 Å². The Bertz CT molecular complexity index is 1030. The van der Waals surface area contributed by atoms with Crippen molar-refractivity contribution in [2.75, 3.05) is 13.1 Å². The average Bonchev–Trinajstić information content (AvgIpc) is 3.30. The molecular weight excluding hydrogens is 404 g/mol. The normalized spacial score (nSPS) is 21.1. The van der Waals surface area contributed by atoms with E-state index in [0.29, 0.717) is 42.7 Å². The van der Waals surface area contributed by atoms with Crippen LogP contribution in [-0.4, -0.2) is 49.8 Å². The van der Waals surface area contributed by atoms with Gasteiger partial charge in [-0.15, -0.1) is 0 Å². The van der Waals surface area contributed by atoms with E-state index in [1.54, 1.807) is 6.20 Å². The summed E-state index contributed by atoms with van der Waals surface area (Å²) in [6.45, 7) is 3.58. The van der Waals surface area contributed by atoms with Crippen LogP contribution in [0.4, 0.5) is 4.79 Å². The van der Waals surface area contributed by atoms with Crippen molar-refractivity contribution in [1.82, 2.24) is 19.6 Å². The molecule has 30 heavy (non-hydrogen) atoms. The van der Waals surface area contributed by atoms with Crippen LogP contribution in [0.5, 0.6) is 0 Å². The van der Waals surface area contributed by atoms with Gasteiger partial charge in [0.2, 0.25) is 0 Å². The molecule has 2 aliphatic heterocycles. The minimum absolute atomic E-state index is 0.00698. The number of hydrogen-bond acceptors (Lipinski definition) is 3. The molecule has 158 valence electrons. The Hall–Kier alpha value is -2.54. The number of aromatic nitrogens is 2. The Morgan fingerprint density at radius 2 is 2.00 bits per heavy atom. The highest BCUT2D eigenvalue weighted by Crippen LogP contribution is 2.39. The summed E-state index contributed by atoms with van der Waals surface area (Å²) >= 11 is 6.38. The second-order valence-corrected chi connectivity index (χ2v) is 9.00. The van der Waals surface area contributed by atoms with Crippen molar-refractivity contribution in [3.05, 3.63) is 51.3 Å². The molecule has 2 fully saturated rings. The zero-order chi connectivity index (χ0) is 21.0. The molecule has 1 saturated carbocycles. The molecule has 7 nitrogen and oxygen atoms in total. The number of carbonyl (C=O) groups excluding carboxylic acids is 1. The van der Waals surface area contributed by atoms with Gasteiger partial charge in [0.1, 0.15) is 0 Å². The van der Waals surface area contributed by atoms with Crippen molar-refractivity contribution in [3.63, 3.8) is 0 Å². The van der Waals surface area contributed by atoms with Crippen molar-refractivity contribution in [2.24, 2.45) is 0 Å². The molecule has 8 heteroatoms. The van der Waals surface area contributed by atoms with Gasteiger partial charge in [-0.05, 0) is 67.9 Å². The van der Waals surface area contributed by atoms with E-state index < -0.39 is 6.09 Å². The smallest absolute Gasteiger partial charge is 0.407 e. The number of hydrogen-bond donors (Lipinski definition) is 1. The van der Waals surface area contributed by atoms with Crippen molar-refractivity contribution >= 4 is 23.6 Å². The second kappa shape index (κ2) is 7.30. The molecule has 1 saturated heterocycles. The SMILES string of the molecule is Cc1c(C(=O)N2CCc3cc(Cl)cc([C@@H]4CCCN4C(=O)O)c3C2)cnn1C1CC1. The van der Waals surface area contributed by atoms with E-state index in [1.807, 2.05) is 28.6 Å². The highest BCUT2D eigenvalue weighted by atomic mass is 35.5. The first-order valence-electron chi connectivity index (χ1n) is 10.6. The van der Waals surface area contributed by atoms with Crippen LogP contribution in [0.2, 0.25) is 5.02 Å². The molecule has 2 amide bonds. The Labute approximate surface area is 180 Å². The molecule has 0 bridgehead atoms. The summed E-state index contributed by atoms with van der Waals surface area (Å²) in [7, 11) is 0. The Morgan fingerprint density at radius 3 is 2.73 bits per heavy atom. The second-order valence-electron chi connectivity index (χ2n) is 8.56. The van der Waals surface area contributed by atoms with Gasteiger partial charge in [-0.25, -0.2) is 4.79 Å². The molecule has 5 rings (SSSR count). The van der Waals surface area contributed by atoms with Gasteiger partial charge in [0.25, 0.3) is 5.91 Å². The maximum atomic E-state index is 13.3. The first-order chi connectivity index (χ1) is 14.4. The Balaban J connectivity index is 1.46. The van der Waals surface area contributed by atoms with E-state index in [0.717, 1.165) is 48.1 Å². The van der Waals surface area contributed by atoms with Gasteiger partial charge >= 0.3 is 6.09 Å². The van der Waals surface area contributed by atoms with Crippen LogP contribution in [0.1, 0.15) is 70.5 Å². The topological polar surface area (TPSA) is 78.7 Å². The molecule has 1 N–H and O–H groups in total. The molecule has 0 spiro atoms. The minimum atomic E-state index is -0.905. The van der Waals surface area contributed by atoms with Crippen molar-refractivity contribution in [1.29, 1.82) is 0 Å². The lowest BCUT2D eigenvalue weighted by atomic mass is 9.90.